The summed E-state index contributed by atoms with van der Waals surface area (Å²) < 4.78 is 0. The molecule has 2 aromatic rings. The molecule has 1 aliphatic carbocycles. The van der Waals surface area contributed by atoms with Crippen molar-refractivity contribution in [3.8, 4) is 0 Å². The topological polar surface area (TPSA) is 41.6 Å². The number of nitrogens with zero attached hydrogens (tertiary/aromatic N) is 2. The standard InChI is InChI=1S/C18H19N3/c1-13-6-8-16(9-7-13)21-17(19)20-12-18(21)10-14-4-2-3-5-15(14)11-18/h2-9H,10-12H2,1H3,(H2,19,20). The second-order valence-electron chi connectivity index (χ2n) is 6.19. The average Bonchev–Trinajstić information content (AvgIpc) is 3.01. The van der Waals surface area contributed by atoms with Crippen molar-refractivity contribution in [1.29, 1.82) is 0 Å². The lowest BCUT2D eigenvalue weighted by Crippen LogP contribution is -2.52. The Kier molecular flexibility index (Phi) is 2.58. The van der Waals surface area contributed by atoms with E-state index in [1.165, 1.54) is 16.7 Å². The van der Waals surface area contributed by atoms with Gasteiger partial charge in [-0.25, -0.2) is 0 Å². The second-order valence-corrected chi connectivity index (χ2v) is 6.19. The van der Waals surface area contributed by atoms with Crippen LogP contribution in [0.1, 0.15) is 16.7 Å². The van der Waals surface area contributed by atoms with Gasteiger partial charge in [-0.3, -0.25) is 4.99 Å². The van der Waals surface area contributed by atoms with Gasteiger partial charge < -0.3 is 10.6 Å². The molecule has 4 rings (SSSR count). The largest absolute Gasteiger partial charge is 0.369 e. The first-order chi connectivity index (χ1) is 10.2. The first-order valence-electron chi connectivity index (χ1n) is 7.42. The van der Waals surface area contributed by atoms with E-state index in [1.807, 2.05) is 0 Å². The highest BCUT2D eigenvalue weighted by molar-refractivity contribution is 5.98. The second kappa shape index (κ2) is 4.35. The fourth-order valence-corrected chi connectivity index (χ4v) is 3.66. The molecule has 0 unspecified atom stereocenters. The molecule has 3 heteroatoms. The maximum absolute atomic E-state index is 6.21. The van der Waals surface area contributed by atoms with Gasteiger partial charge >= 0.3 is 0 Å². The third-order valence-corrected chi connectivity index (χ3v) is 4.69. The maximum Gasteiger partial charge on any atom is 0.196 e. The highest BCUT2D eigenvalue weighted by Gasteiger charge is 2.47. The fourth-order valence-electron chi connectivity index (χ4n) is 3.66. The highest BCUT2D eigenvalue weighted by atomic mass is 15.4. The Morgan fingerprint density at radius 3 is 2.24 bits per heavy atom. The first-order valence-corrected chi connectivity index (χ1v) is 7.42. The molecule has 106 valence electrons. The molecule has 1 spiro atoms. The first kappa shape index (κ1) is 12.5. The molecular weight excluding hydrogens is 258 g/mol. The zero-order valence-electron chi connectivity index (χ0n) is 12.2. The van der Waals surface area contributed by atoms with Crippen molar-refractivity contribution in [1.82, 2.24) is 0 Å². The quantitative estimate of drug-likeness (QED) is 0.870. The van der Waals surface area contributed by atoms with Crippen molar-refractivity contribution >= 4 is 11.6 Å². The van der Waals surface area contributed by atoms with Gasteiger partial charge in [0.25, 0.3) is 0 Å². The number of anilines is 1. The van der Waals surface area contributed by atoms with E-state index < -0.39 is 0 Å². The van der Waals surface area contributed by atoms with Gasteiger partial charge in [-0.15, -0.1) is 0 Å². The Morgan fingerprint density at radius 2 is 1.62 bits per heavy atom. The normalized spacial score (nSPS) is 18.9. The Bertz CT molecular complexity index is 690. The van der Waals surface area contributed by atoms with E-state index in [-0.39, 0.29) is 5.54 Å². The lowest BCUT2D eigenvalue weighted by Gasteiger charge is -2.36. The van der Waals surface area contributed by atoms with Crippen LogP contribution in [-0.4, -0.2) is 18.0 Å². The number of rotatable bonds is 1. The highest BCUT2D eigenvalue weighted by Crippen LogP contribution is 2.40. The number of hydrogen-bond acceptors (Lipinski definition) is 3. The van der Waals surface area contributed by atoms with Crippen molar-refractivity contribution in [2.75, 3.05) is 11.4 Å². The summed E-state index contributed by atoms with van der Waals surface area (Å²) in [7, 11) is 0. The molecule has 3 nitrogen and oxygen atoms in total. The lowest BCUT2D eigenvalue weighted by molar-refractivity contribution is 0.483. The van der Waals surface area contributed by atoms with Crippen LogP contribution in [-0.2, 0) is 12.8 Å². The van der Waals surface area contributed by atoms with Crippen molar-refractivity contribution in [2.24, 2.45) is 10.7 Å². The smallest absolute Gasteiger partial charge is 0.196 e. The summed E-state index contributed by atoms with van der Waals surface area (Å²) in [5.74, 6) is 0.645. The molecule has 0 atom stereocenters. The SMILES string of the molecule is Cc1ccc(N2C(N)=NCC23Cc2ccccc2C3)cc1. The van der Waals surface area contributed by atoms with Crippen LogP contribution in [0.15, 0.2) is 53.5 Å². The molecule has 0 aromatic heterocycles. The Morgan fingerprint density at radius 1 is 1.00 bits per heavy atom. The average molecular weight is 277 g/mol. The van der Waals surface area contributed by atoms with Crippen LogP contribution in [0.3, 0.4) is 0 Å². The van der Waals surface area contributed by atoms with Gasteiger partial charge in [0.05, 0.1) is 12.1 Å². The minimum absolute atomic E-state index is 0.0109. The van der Waals surface area contributed by atoms with E-state index in [0.29, 0.717) is 5.96 Å². The number of hydrogen-bond donors (Lipinski definition) is 1. The minimum Gasteiger partial charge on any atom is -0.369 e. The molecule has 1 heterocycles. The van der Waals surface area contributed by atoms with Gasteiger partial charge in [0.15, 0.2) is 5.96 Å². The van der Waals surface area contributed by atoms with Crippen molar-refractivity contribution in [3.63, 3.8) is 0 Å². The molecule has 1 aliphatic heterocycles. The number of aryl methyl sites for hydroxylation is 1. The summed E-state index contributed by atoms with van der Waals surface area (Å²) in [6, 6.07) is 17.3. The molecule has 21 heavy (non-hydrogen) atoms. The van der Waals surface area contributed by atoms with Crippen LogP contribution in [0.25, 0.3) is 0 Å². The summed E-state index contributed by atoms with van der Waals surface area (Å²) in [5, 5.41) is 0. The maximum atomic E-state index is 6.21. The van der Waals surface area contributed by atoms with E-state index >= 15 is 0 Å². The van der Waals surface area contributed by atoms with Crippen LogP contribution < -0.4 is 10.6 Å². The van der Waals surface area contributed by atoms with E-state index in [9.17, 15) is 0 Å². The molecule has 0 fully saturated rings. The van der Waals surface area contributed by atoms with Gasteiger partial charge in [-0.05, 0) is 43.0 Å². The summed E-state index contributed by atoms with van der Waals surface area (Å²) in [5.41, 5.74) is 11.5. The van der Waals surface area contributed by atoms with Gasteiger partial charge in [0.1, 0.15) is 0 Å². The van der Waals surface area contributed by atoms with Crippen LogP contribution in [0, 0.1) is 6.92 Å². The summed E-state index contributed by atoms with van der Waals surface area (Å²) in [6.07, 6.45) is 2.03. The molecule has 2 aromatic carbocycles. The van der Waals surface area contributed by atoms with Crippen LogP contribution >= 0.6 is 0 Å². The van der Waals surface area contributed by atoms with Gasteiger partial charge in [-0.1, -0.05) is 42.0 Å². The Hall–Kier alpha value is -2.29. The summed E-state index contributed by atoms with van der Waals surface area (Å²) in [4.78, 5) is 6.80. The molecule has 0 saturated carbocycles. The number of fused-ring (bicyclic) bond motifs is 1. The molecule has 0 radical (unpaired) electrons. The number of aliphatic imine (C=N–C) groups is 1. The third kappa shape index (κ3) is 1.84. The van der Waals surface area contributed by atoms with Crippen LogP contribution in [0.4, 0.5) is 5.69 Å². The van der Waals surface area contributed by atoms with Crippen molar-refractivity contribution < 1.29 is 0 Å². The number of benzene rings is 2. The number of nitrogens with two attached hydrogens (primary N) is 1. The summed E-state index contributed by atoms with van der Waals surface area (Å²) >= 11 is 0. The van der Waals surface area contributed by atoms with Gasteiger partial charge in [-0.2, -0.15) is 0 Å². The summed E-state index contributed by atoms with van der Waals surface area (Å²) in [6.45, 7) is 2.88. The monoisotopic (exact) mass is 277 g/mol. The fraction of sp³-hybridized carbons (Fsp3) is 0.278. The Balaban J connectivity index is 1.75. The number of guanidine groups is 1. The predicted octanol–water partition coefficient (Wildman–Crippen LogP) is 2.67. The van der Waals surface area contributed by atoms with E-state index in [1.54, 1.807) is 0 Å². The Labute approximate surface area is 125 Å². The molecular formula is C18H19N3. The van der Waals surface area contributed by atoms with E-state index in [2.05, 4.69) is 65.3 Å². The van der Waals surface area contributed by atoms with Crippen LogP contribution in [0.2, 0.25) is 0 Å². The molecule has 0 saturated heterocycles. The minimum atomic E-state index is -0.0109. The zero-order valence-corrected chi connectivity index (χ0v) is 12.2. The predicted molar refractivity (Wildman–Crippen MR) is 86.7 cm³/mol. The van der Waals surface area contributed by atoms with Gasteiger partial charge in [0.2, 0.25) is 0 Å². The van der Waals surface area contributed by atoms with E-state index in [4.69, 9.17) is 5.73 Å². The molecule has 2 N–H and O–H groups in total. The molecule has 2 aliphatic rings. The zero-order chi connectivity index (χ0) is 14.4. The molecule has 0 amide bonds. The van der Waals surface area contributed by atoms with Crippen molar-refractivity contribution in [2.45, 2.75) is 25.3 Å². The van der Waals surface area contributed by atoms with Crippen LogP contribution in [0.5, 0.6) is 0 Å². The molecule has 0 bridgehead atoms. The lowest BCUT2D eigenvalue weighted by atomic mass is 9.94. The third-order valence-electron chi connectivity index (χ3n) is 4.69. The van der Waals surface area contributed by atoms with Crippen molar-refractivity contribution in [3.05, 3.63) is 65.2 Å². The van der Waals surface area contributed by atoms with E-state index in [0.717, 1.165) is 25.1 Å². The van der Waals surface area contributed by atoms with Gasteiger partial charge in [0, 0.05) is 5.69 Å².